The SMILES string of the molecule is SCSC(SCS)C(S)CC(CC(S)C(SCS)SCS)CC(S)C(SCS)SCS. The van der Waals surface area contributed by atoms with Crippen LogP contribution in [0.15, 0.2) is 0 Å². The molecular weight excluding hydrogens is 673 g/mol. The summed E-state index contributed by atoms with van der Waals surface area (Å²) in [5.41, 5.74) is 0. The quantitative estimate of drug-likeness (QED) is 0.0432. The summed E-state index contributed by atoms with van der Waals surface area (Å²) in [5, 5.41) is 5.52. The predicted molar refractivity (Wildman–Crippen MR) is 196 cm³/mol. The summed E-state index contributed by atoms with van der Waals surface area (Å²) in [7, 11) is 0. The largest absolute Gasteiger partial charge is 0.174 e. The minimum absolute atomic E-state index is 0.266. The lowest BCUT2D eigenvalue weighted by Crippen LogP contribution is -2.27. The monoisotopic (exact) mass is 706 g/mol. The molecule has 31 heavy (non-hydrogen) atoms. The molecule has 3 atom stereocenters. The fraction of sp³-hybridized carbons (Fsp3) is 1.00. The third kappa shape index (κ3) is 17.5. The molecular formula is C16H34S15. The summed E-state index contributed by atoms with van der Waals surface area (Å²) in [6, 6.07) is 0. The Morgan fingerprint density at radius 1 is 0.387 bits per heavy atom. The van der Waals surface area contributed by atoms with Crippen LogP contribution in [0.25, 0.3) is 0 Å². The van der Waals surface area contributed by atoms with Crippen LogP contribution in [0.5, 0.6) is 0 Å². The van der Waals surface area contributed by atoms with E-state index in [4.69, 9.17) is 37.9 Å². The average molecular weight is 707 g/mol. The van der Waals surface area contributed by atoms with Gasteiger partial charge < -0.3 is 0 Å². The zero-order valence-corrected chi connectivity index (χ0v) is 29.8. The van der Waals surface area contributed by atoms with Crippen molar-refractivity contribution in [2.75, 3.05) is 30.5 Å². The maximum Gasteiger partial charge on any atom is 0.0634 e. The molecule has 0 aromatic rings. The van der Waals surface area contributed by atoms with Crippen LogP contribution >= 0.6 is 184 Å². The van der Waals surface area contributed by atoms with Crippen LogP contribution in [0.1, 0.15) is 19.3 Å². The minimum atomic E-state index is 0.266. The molecule has 0 aromatic carbocycles. The van der Waals surface area contributed by atoms with Gasteiger partial charge in [0.05, 0.1) is 13.7 Å². The first-order valence-electron chi connectivity index (χ1n) is 9.27. The molecule has 0 rings (SSSR count). The lowest BCUT2D eigenvalue weighted by molar-refractivity contribution is 0.419. The highest BCUT2D eigenvalue weighted by Gasteiger charge is 2.30. The molecule has 0 bridgehead atoms. The smallest absolute Gasteiger partial charge is 0.0634 e. The number of hydrogen-bond donors (Lipinski definition) is 9. The highest BCUT2D eigenvalue weighted by molar-refractivity contribution is 8.25. The molecule has 3 unspecified atom stereocenters. The van der Waals surface area contributed by atoms with Crippen molar-refractivity contribution in [1.82, 2.24) is 0 Å². The average Bonchev–Trinajstić information content (AvgIpc) is 2.73. The summed E-state index contributed by atoms with van der Waals surface area (Å²) < 4.78 is 1.13. The molecule has 0 amide bonds. The zero-order chi connectivity index (χ0) is 23.6. The standard InChI is InChI=1S/C16H34S15/c17-4-26-14(27-5-18)11(23)1-10(2-12(24)15(28-6-19)29-7-20)3-13(25)16(30-8-21)31-9-22/h10-25H,1-9H2. The summed E-state index contributed by atoms with van der Waals surface area (Å²) in [6.45, 7) is 0. The molecule has 0 heterocycles. The van der Waals surface area contributed by atoms with E-state index in [-0.39, 0.29) is 15.7 Å². The molecule has 0 aliphatic rings. The Morgan fingerprint density at radius 2 is 0.581 bits per heavy atom. The van der Waals surface area contributed by atoms with Gasteiger partial charge in [-0.05, 0) is 25.2 Å². The van der Waals surface area contributed by atoms with Crippen molar-refractivity contribution in [2.24, 2.45) is 5.92 Å². The van der Waals surface area contributed by atoms with Gasteiger partial charge in [0, 0.05) is 46.3 Å². The maximum absolute atomic E-state index is 5.02. The van der Waals surface area contributed by atoms with E-state index in [9.17, 15) is 0 Å². The summed E-state index contributed by atoms with van der Waals surface area (Å²) in [4.78, 5) is 0. The lowest BCUT2D eigenvalue weighted by Gasteiger charge is -2.32. The zero-order valence-electron chi connectivity index (χ0n) is 16.9. The van der Waals surface area contributed by atoms with Crippen molar-refractivity contribution >= 4 is 184 Å². The van der Waals surface area contributed by atoms with Gasteiger partial charge >= 0.3 is 0 Å². The van der Waals surface area contributed by atoms with E-state index in [1.165, 1.54) is 0 Å². The lowest BCUT2D eigenvalue weighted by atomic mass is 9.93. The van der Waals surface area contributed by atoms with Gasteiger partial charge in [-0.2, -0.15) is 114 Å². The molecule has 15 heteroatoms. The highest BCUT2D eigenvalue weighted by atomic mass is 32.2. The second-order valence-electron chi connectivity index (χ2n) is 6.15. The Kier molecular flexibility index (Phi) is 28.4. The van der Waals surface area contributed by atoms with E-state index in [0.29, 0.717) is 19.7 Å². The van der Waals surface area contributed by atoms with Gasteiger partial charge in [0.2, 0.25) is 0 Å². The van der Waals surface area contributed by atoms with Crippen LogP contribution in [-0.2, 0) is 0 Å². The number of thioether (sulfide) groups is 6. The van der Waals surface area contributed by atoms with Crippen molar-refractivity contribution in [3.8, 4) is 0 Å². The van der Waals surface area contributed by atoms with Crippen LogP contribution in [0.2, 0.25) is 0 Å². The highest BCUT2D eigenvalue weighted by Crippen LogP contribution is 2.41. The fourth-order valence-electron chi connectivity index (χ4n) is 2.90. The van der Waals surface area contributed by atoms with Crippen LogP contribution in [0.4, 0.5) is 0 Å². The minimum Gasteiger partial charge on any atom is -0.174 e. The van der Waals surface area contributed by atoms with Crippen molar-refractivity contribution < 1.29 is 0 Å². The Labute approximate surface area is 265 Å². The van der Waals surface area contributed by atoms with Crippen LogP contribution in [0, 0.1) is 5.92 Å². The third-order valence-corrected chi connectivity index (χ3v) is 16.8. The third-order valence-electron chi connectivity index (χ3n) is 4.10. The summed E-state index contributed by atoms with van der Waals surface area (Å²) in [5.74, 6) is 0.475. The Morgan fingerprint density at radius 3 is 0.742 bits per heavy atom. The number of thiol groups is 9. The first-order chi connectivity index (χ1) is 14.9. The van der Waals surface area contributed by atoms with E-state index in [2.05, 4.69) is 75.8 Å². The number of rotatable bonds is 21. The van der Waals surface area contributed by atoms with Gasteiger partial charge in [0.15, 0.2) is 0 Å². The van der Waals surface area contributed by atoms with E-state index in [1.54, 1.807) is 0 Å². The van der Waals surface area contributed by atoms with Crippen molar-refractivity contribution in [2.45, 2.75) is 48.8 Å². The normalized spacial score (nSPS) is 16.3. The molecule has 0 aliphatic heterocycles. The van der Waals surface area contributed by atoms with E-state index in [0.717, 1.165) is 49.8 Å². The Balaban J connectivity index is 5.37. The Bertz CT molecular complexity index is 328. The molecule has 0 radical (unpaired) electrons. The second-order valence-corrected chi connectivity index (χ2v) is 20.3. The van der Waals surface area contributed by atoms with Gasteiger partial charge in [-0.3, -0.25) is 0 Å². The maximum atomic E-state index is 5.02. The van der Waals surface area contributed by atoms with Gasteiger partial charge in [0.1, 0.15) is 0 Å². The summed E-state index contributed by atoms with van der Waals surface area (Å²) in [6.07, 6.45) is 3.07. The topological polar surface area (TPSA) is 0 Å². The first-order valence-corrected chi connectivity index (χ1v) is 20.9. The first kappa shape index (κ1) is 36.2. The molecule has 0 fully saturated rings. The van der Waals surface area contributed by atoms with Crippen molar-refractivity contribution in [1.29, 1.82) is 0 Å². The van der Waals surface area contributed by atoms with Gasteiger partial charge in [0.25, 0.3) is 0 Å². The molecule has 0 aromatic heterocycles. The van der Waals surface area contributed by atoms with E-state index >= 15 is 0 Å². The van der Waals surface area contributed by atoms with E-state index in [1.807, 2.05) is 70.6 Å². The molecule has 0 aliphatic carbocycles. The Hall–Kier alpha value is 5.25. The van der Waals surface area contributed by atoms with Gasteiger partial charge in [-0.1, -0.05) is 0 Å². The molecule has 0 N–H and O–H groups in total. The molecule has 188 valence electrons. The molecule has 0 saturated carbocycles. The van der Waals surface area contributed by atoms with Crippen molar-refractivity contribution in [3.05, 3.63) is 0 Å². The van der Waals surface area contributed by atoms with Crippen LogP contribution in [0.3, 0.4) is 0 Å². The molecule has 0 saturated heterocycles. The van der Waals surface area contributed by atoms with E-state index < -0.39 is 0 Å². The second kappa shape index (κ2) is 24.3. The van der Waals surface area contributed by atoms with Gasteiger partial charge in [-0.15, -0.1) is 70.6 Å². The number of hydrogen-bond acceptors (Lipinski definition) is 15. The van der Waals surface area contributed by atoms with Crippen LogP contribution < -0.4 is 0 Å². The van der Waals surface area contributed by atoms with Gasteiger partial charge in [-0.25, -0.2) is 0 Å². The molecule has 0 nitrogen and oxygen atoms in total. The summed E-state index contributed by atoms with van der Waals surface area (Å²) >= 11 is 52.6. The van der Waals surface area contributed by atoms with Crippen LogP contribution in [-0.4, -0.2) is 60.0 Å². The fourth-order valence-corrected chi connectivity index (χ4v) is 15.3. The molecule has 0 spiro atoms. The predicted octanol–water partition coefficient (Wildman–Crippen LogP) is 8.37. The van der Waals surface area contributed by atoms with Crippen molar-refractivity contribution in [3.63, 3.8) is 0 Å².